The zero-order chi connectivity index (χ0) is 25.7. The smallest absolute Gasteiger partial charge is 0.434 e. The van der Waals surface area contributed by atoms with Crippen molar-refractivity contribution < 1.29 is 40.9 Å². The van der Waals surface area contributed by atoms with Crippen LogP contribution in [0.2, 0.25) is 0 Å². The molecule has 2 aromatic heterocycles. The number of rotatable bonds is 4. The highest BCUT2D eigenvalue weighted by Gasteiger charge is 2.52. The fraction of sp³-hybridized carbons (Fsp3) is 0.304. The number of carbonyl (C=O) groups excluding carboxylic acids is 1. The second kappa shape index (κ2) is 8.80. The molecule has 3 aliphatic rings. The Kier molecular flexibility index (Phi) is 5.90. The summed E-state index contributed by atoms with van der Waals surface area (Å²) in [5.74, 6) is 0. The van der Waals surface area contributed by atoms with E-state index in [1.165, 1.54) is 6.21 Å². The number of ether oxygens (including phenoxy) is 1. The van der Waals surface area contributed by atoms with Gasteiger partial charge in [-0.15, -0.1) is 0 Å². The number of hydrogen-bond donors (Lipinski definition) is 2. The summed E-state index contributed by atoms with van der Waals surface area (Å²) in [5.41, 5.74) is 3.06. The van der Waals surface area contributed by atoms with E-state index in [0.29, 0.717) is 41.2 Å². The van der Waals surface area contributed by atoms with Gasteiger partial charge in [-0.3, -0.25) is 0 Å². The summed E-state index contributed by atoms with van der Waals surface area (Å²) in [7, 11) is 0. The van der Waals surface area contributed by atoms with E-state index in [9.17, 15) is 18.0 Å². The molecule has 7 nitrogen and oxygen atoms in total. The first-order chi connectivity index (χ1) is 17.1. The molecule has 0 unspecified atom stereocenters. The van der Waals surface area contributed by atoms with Crippen molar-refractivity contribution in [2.45, 2.75) is 25.1 Å². The van der Waals surface area contributed by atoms with Gasteiger partial charge in [-0.1, -0.05) is 5.57 Å². The molecule has 1 amide bonds. The van der Waals surface area contributed by atoms with Crippen LogP contribution in [0.25, 0.3) is 17.0 Å². The zero-order valence-corrected chi connectivity index (χ0v) is 18.9. The van der Waals surface area contributed by atoms with Crippen molar-refractivity contribution in [1.82, 2.24) is 14.4 Å². The molecule has 1 fully saturated rings. The average Bonchev–Trinajstić information content (AvgIpc) is 3.60. The fourth-order valence-corrected chi connectivity index (χ4v) is 4.74. The third-order valence-electron chi connectivity index (χ3n) is 6.55. The van der Waals surface area contributed by atoms with Crippen molar-refractivity contribution in [3.63, 3.8) is 0 Å². The highest BCUT2D eigenvalue weighted by Crippen LogP contribution is 2.40. The SMILES string of the molecule is O=C(O[C@H](CO)C(F)(F)F)N1CCC(=CC2=C3C=CC=[N+]3[B-](F)(F)n3c2ccc3-c2ccc[nH]2)CC1. The molecule has 0 radical (unpaired) electrons. The topological polar surface area (TPSA) is 73.5 Å². The summed E-state index contributed by atoms with van der Waals surface area (Å²) in [6.45, 7) is -5.30. The number of halogens is 5. The molecule has 0 spiro atoms. The van der Waals surface area contributed by atoms with Gasteiger partial charge in [0.1, 0.15) is 6.21 Å². The van der Waals surface area contributed by atoms with Gasteiger partial charge in [-0.2, -0.15) is 13.2 Å². The molecule has 5 heterocycles. The van der Waals surface area contributed by atoms with Gasteiger partial charge in [0.15, 0.2) is 5.70 Å². The molecule has 1 atom stereocenters. The lowest BCUT2D eigenvalue weighted by Crippen LogP contribution is -2.49. The van der Waals surface area contributed by atoms with E-state index in [2.05, 4.69) is 9.72 Å². The van der Waals surface area contributed by atoms with Gasteiger partial charge < -0.3 is 37.3 Å². The largest absolute Gasteiger partial charge is 0.737 e. The minimum Gasteiger partial charge on any atom is -0.434 e. The maximum absolute atomic E-state index is 15.6. The van der Waals surface area contributed by atoms with Crippen LogP contribution < -0.4 is 0 Å². The third kappa shape index (κ3) is 4.06. The number of piperidine rings is 1. The normalized spacial score (nSPS) is 19.7. The van der Waals surface area contributed by atoms with Crippen LogP contribution in [0.3, 0.4) is 0 Å². The monoisotopic (exact) mass is 508 g/mol. The van der Waals surface area contributed by atoms with Crippen LogP contribution >= 0.6 is 0 Å². The van der Waals surface area contributed by atoms with Crippen LogP contribution in [0.1, 0.15) is 18.5 Å². The number of hydrogen-bond acceptors (Lipinski definition) is 3. The van der Waals surface area contributed by atoms with Gasteiger partial charge >= 0.3 is 19.2 Å². The molecular weight excluding hydrogens is 486 g/mol. The van der Waals surface area contributed by atoms with Gasteiger partial charge in [0.2, 0.25) is 6.10 Å². The molecule has 0 aromatic carbocycles. The van der Waals surface area contributed by atoms with Crippen molar-refractivity contribution in [2.75, 3.05) is 19.7 Å². The van der Waals surface area contributed by atoms with Crippen LogP contribution in [0.5, 0.6) is 0 Å². The first-order valence-corrected chi connectivity index (χ1v) is 11.4. The van der Waals surface area contributed by atoms with E-state index in [-0.39, 0.29) is 13.1 Å². The molecule has 1 saturated heterocycles. The Labute approximate surface area is 202 Å². The van der Waals surface area contributed by atoms with Crippen molar-refractivity contribution >= 4 is 24.9 Å². The second-order valence-electron chi connectivity index (χ2n) is 8.75. The molecule has 190 valence electrons. The van der Waals surface area contributed by atoms with Gasteiger partial charge in [0.25, 0.3) is 0 Å². The Morgan fingerprint density at radius 3 is 2.58 bits per heavy atom. The van der Waals surface area contributed by atoms with Crippen LogP contribution in [0.15, 0.2) is 60.0 Å². The number of allylic oxidation sites excluding steroid dienone is 4. The Morgan fingerprint density at radius 2 is 1.94 bits per heavy atom. The number of aliphatic hydroxyl groups is 1. The number of H-pyrrole nitrogens is 1. The minimum atomic E-state index is -4.87. The van der Waals surface area contributed by atoms with Crippen molar-refractivity contribution in [2.24, 2.45) is 0 Å². The average molecular weight is 508 g/mol. The summed E-state index contributed by atoms with van der Waals surface area (Å²) in [4.78, 5) is 16.3. The lowest BCUT2D eigenvalue weighted by Gasteiger charge is -2.33. The van der Waals surface area contributed by atoms with E-state index >= 15 is 8.63 Å². The Morgan fingerprint density at radius 1 is 1.22 bits per heavy atom. The predicted molar refractivity (Wildman–Crippen MR) is 122 cm³/mol. The number of amides is 1. The lowest BCUT2D eigenvalue weighted by molar-refractivity contribution is -0.356. The maximum Gasteiger partial charge on any atom is 0.737 e. The molecular formula is C23H22BF5N4O3. The van der Waals surface area contributed by atoms with Crippen LogP contribution in [0, 0.1) is 0 Å². The van der Waals surface area contributed by atoms with Gasteiger partial charge in [0, 0.05) is 42.8 Å². The van der Waals surface area contributed by atoms with Gasteiger partial charge in [-0.05, 0) is 43.2 Å². The summed E-state index contributed by atoms with van der Waals surface area (Å²) in [6.07, 6.45) is 0.0494. The molecule has 0 saturated carbocycles. The van der Waals surface area contributed by atoms with Crippen LogP contribution in [0.4, 0.5) is 26.6 Å². The van der Waals surface area contributed by atoms with Gasteiger partial charge in [-0.25, -0.2) is 4.79 Å². The predicted octanol–water partition coefficient (Wildman–Crippen LogP) is 4.17. The van der Waals surface area contributed by atoms with Gasteiger partial charge in [0.05, 0.1) is 17.9 Å². The molecule has 2 N–H and O–H groups in total. The number of aromatic amines is 1. The molecule has 0 aliphatic carbocycles. The highest BCUT2D eigenvalue weighted by atomic mass is 19.4. The first kappa shape index (κ1) is 24.1. The molecule has 5 rings (SSSR count). The van der Waals surface area contributed by atoms with E-state index in [1.807, 2.05) is 6.08 Å². The van der Waals surface area contributed by atoms with Crippen LogP contribution in [-0.4, -0.2) is 75.2 Å². The molecule has 13 heteroatoms. The summed E-state index contributed by atoms with van der Waals surface area (Å²) in [6, 6.07) is 6.73. The van der Waals surface area contributed by atoms with Crippen molar-refractivity contribution in [1.29, 1.82) is 0 Å². The van der Waals surface area contributed by atoms with E-state index in [0.717, 1.165) is 19.4 Å². The second-order valence-corrected chi connectivity index (χ2v) is 8.75. The molecule has 2 aromatic rings. The number of nitrogens with one attached hydrogen (secondary N) is 1. The van der Waals surface area contributed by atoms with Crippen molar-refractivity contribution in [3.05, 3.63) is 65.7 Å². The number of carbonyl (C=O) groups is 1. The number of likely N-dealkylation sites (tertiary alicyclic amines) is 1. The first-order valence-electron chi connectivity index (χ1n) is 11.4. The number of aliphatic hydroxyl groups excluding tert-OH is 1. The Hall–Kier alpha value is -3.61. The molecule has 0 bridgehead atoms. The van der Waals surface area contributed by atoms with Crippen LogP contribution in [-0.2, 0) is 4.74 Å². The molecule has 36 heavy (non-hydrogen) atoms. The molecule has 3 aliphatic heterocycles. The zero-order valence-electron chi connectivity index (χ0n) is 18.9. The number of alkyl halides is 3. The van der Waals surface area contributed by atoms with E-state index in [4.69, 9.17) is 5.11 Å². The summed E-state index contributed by atoms with van der Waals surface area (Å²) in [5, 5.41) is 8.89. The highest BCUT2D eigenvalue weighted by molar-refractivity contribution is 6.58. The van der Waals surface area contributed by atoms with Crippen molar-refractivity contribution in [3.8, 4) is 11.4 Å². The summed E-state index contributed by atoms with van der Waals surface area (Å²) >= 11 is 0. The minimum absolute atomic E-state index is 0.101. The maximum atomic E-state index is 15.6. The summed E-state index contributed by atoms with van der Waals surface area (Å²) < 4.78 is 76.0. The Bertz CT molecular complexity index is 1300. The standard InChI is InChI=1S/C23H22BF5N4O3/c25-23(26,27)21(14-34)36-22(35)31-11-7-15(8-12-31)13-16-18-4-2-10-32(18)24(28,29)33-19(16)5-6-20(33)17-3-1-9-30-17/h1-6,9-10,13,21,30,34H,7-8,11-12,14H2/t21-/m1/s1. The number of nitrogens with zero attached hydrogens (tertiary/aromatic N) is 3. The quantitative estimate of drug-likeness (QED) is 0.482. The van der Waals surface area contributed by atoms with E-state index in [1.54, 1.807) is 42.6 Å². The fourth-order valence-electron chi connectivity index (χ4n) is 4.74. The number of aromatic nitrogens is 2. The van der Waals surface area contributed by atoms with E-state index < -0.39 is 32.0 Å². The Balaban J connectivity index is 1.40. The third-order valence-corrected chi connectivity index (χ3v) is 6.55. The number of fused-ring (bicyclic) bond motifs is 2. The lowest BCUT2D eigenvalue weighted by atomic mass is 9.87.